The fraction of sp³-hybridized carbons (Fsp3) is 0.333. The van der Waals surface area contributed by atoms with Gasteiger partial charge in [-0.1, -0.05) is 17.3 Å². The summed E-state index contributed by atoms with van der Waals surface area (Å²) in [5.41, 5.74) is 3.30. The predicted molar refractivity (Wildman–Crippen MR) is 63.7 cm³/mol. The van der Waals surface area contributed by atoms with Crippen LogP contribution >= 0.6 is 0 Å². The summed E-state index contributed by atoms with van der Waals surface area (Å²) in [7, 11) is 1.94. The Morgan fingerprint density at radius 2 is 2.25 bits per heavy atom. The molecule has 0 aliphatic carbocycles. The molecule has 4 nitrogen and oxygen atoms in total. The molecule has 2 rings (SSSR count). The molecule has 16 heavy (non-hydrogen) atoms. The third-order valence-electron chi connectivity index (χ3n) is 2.44. The van der Waals surface area contributed by atoms with Crippen LogP contribution in [0.4, 0.5) is 0 Å². The maximum Gasteiger partial charge on any atom is 0.0844 e. The molecule has 0 aliphatic heterocycles. The van der Waals surface area contributed by atoms with Gasteiger partial charge in [0.15, 0.2) is 0 Å². The maximum absolute atomic E-state index is 4.13. The van der Waals surface area contributed by atoms with Crippen molar-refractivity contribution < 1.29 is 0 Å². The van der Waals surface area contributed by atoms with E-state index in [1.54, 1.807) is 0 Å². The standard InChI is InChI=1S/C12H16N4/c1-10-4-3-5-12(8-10)16-9-11(14-15-16)6-7-13-2/h3-5,8-9,13H,6-7H2,1-2H3. The van der Waals surface area contributed by atoms with Crippen molar-refractivity contribution in [3.63, 3.8) is 0 Å². The third kappa shape index (κ3) is 2.46. The van der Waals surface area contributed by atoms with E-state index in [9.17, 15) is 0 Å². The Kier molecular flexibility index (Phi) is 3.31. The molecular formula is C12H16N4. The molecule has 0 fully saturated rings. The summed E-state index contributed by atoms with van der Waals surface area (Å²) in [6, 6.07) is 8.22. The van der Waals surface area contributed by atoms with Crippen molar-refractivity contribution in [3.05, 3.63) is 41.7 Å². The molecule has 0 aliphatic rings. The van der Waals surface area contributed by atoms with Gasteiger partial charge in [-0.05, 0) is 31.7 Å². The lowest BCUT2D eigenvalue weighted by molar-refractivity contribution is 0.762. The van der Waals surface area contributed by atoms with E-state index in [2.05, 4.69) is 34.7 Å². The number of nitrogens with zero attached hydrogens (tertiary/aromatic N) is 3. The molecule has 0 bridgehead atoms. The number of likely N-dealkylation sites (N-methyl/N-ethyl adjacent to an activating group) is 1. The Bertz CT molecular complexity index is 462. The van der Waals surface area contributed by atoms with Gasteiger partial charge in [-0.3, -0.25) is 0 Å². The SMILES string of the molecule is CNCCc1cn(-c2cccc(C)c2)nn1. The number of aromatic nitrogens is 3. The molecule has 0 amide bonds. The van der Waals surface area contributed by atoms with E-state index < -0.39 is 0 Å². The predicted octanol–water partition coefficient (Wildman–Crippen LogP) is 1.34. The topological polar surface area (TPSA) is 42.7 Å². The summed E-state index contributed by atoms with van der Waals surface area (Å²) < 4.78 is 1.82. The zero-order valence-electron chi connectivity index (χ0n) is 9.64. The molecule has 1 N–H and O–H groups in total. The van der Waals surface area contributed by atoms with Gasteiger partial charge in [-0.15, -0.1) is 5.10 Å². The van der Waals surface area contributed by atoms with Gasteiger partial charge in [0.25, 0.3) is 0 Å². The van der Waals surface area contributed by atoms with Crippen molar-refractivity contribution >= 4 is 0 Å². The van der Waals surface area contributed by atoms with Gasteiger partial charge in [-0.2, -0.15) is 0 Å². The Balaban J connectivity index is 2.18. The molecule has 0 spiro atoms. The first kappa shape index (κ1) is 10.8. The summed E-state index contributed by atoms with van der Waals surface area (Å²) in [6.45, 7) is 2.99. The smallest absolute Gasteiger partial charge is 0.0844 e. The quantitative estimate of drug-likeness (QED) is 0.838. The van der Waals surface area contributed by atoms with E-state index in [-0.39, 0.29) is 0 Å². The molecule has 1 aromatic carbocycles. The van der Waals surface area contributed by atoms with E-state index in [1.807, 2.05) is 30.1 Å². The lowest BCUT2D eigenvalue weighted by Crippen LogP contribution is -2.10. The second-order valence-corrected chi connectivity index (χ2v) is 3.85. The van der Waals surface area contributed by atoms with E-state index >= 15 is 0 Å². The Hall–Kier alpha value is -1.68. The highest BCUT2D eigenvalue weighted by atomic mass is 15.4. The van der Waals surface area contributed by atoms with Crippen molar-refractivity contribution in [2.75, 3.05) is 13.6 Å². The van der Waals surface area contributed by atoms with Gasteiger partial charge < -0.3 is 5.32 Å². The van der Waals surface area contributed by atoms with Crippen LogP contribution in [0.5, 0.6) is 0 Å². The molecule has 84 valence electrons. The molecule has 0 radical (unpaired) electrons. The summed E-state index contributed by atoms with van der Waals surface area (Å²) in [6.07, 6.45) is 2.88. The van der Waals surface area contributed by atoms with E-state index in [0.29, 0.717) is 0 Å². The van der Waals surface area contributed by atoms with E-state index in [0.717, 1.165) is 24.3 Å². The molecule has 2 aromatic rings. The van der Waals surface area contributed by atoms with Gasteiger partial charge >= 0.3 is 0 Å². The molecular weight excluding hydrogens is 200 g/mol. The first-order chi connectivity index (χ1) is 7.79. The van der Waals surface area contributed by atoms with Crippen LogP contribution in [0.15, 0.2) is 30.5 Å². The van der Waals surface area contributed by atoms with Crippen LogP contribution in [0.2, 0.25) is 0 Å². The minimum Gasteiger partial charge on any atom is -0.319 e. The van der Waals surface area contributed by atoms with Crippen LogP contribution in [0.3, 0.4) is 0 Å². The average Bonchev–Trinajstić information content (AvgIpc) is 2.75. The van der Waals surface area contributed by atoms with Crippen LogP contribution in [-0.4, -0.2) is 28.6 Å². The summed E-state index contributed by atoms with van der Waals surface area (Å²) in [4.78, 5) is 0. The number of hydrogen-bond acceptors (Lipinski definition) is 3. The Labute approximate surface area is 95.3 Å². The summed E-state index contributed by atoms with van der Waals surface area (Å²) in [5, 5.41) is 11.3. The zero-order valence-corrected chi connectivity index (χ0v) is 9.64. The van der Waals surface area contributed by atoms with Gasteiger partial charge in [0.2, 0.25) is 0 Å². The molecule has 1 heterocycles. The Morgan fingerprint density at radius 1 is 1.38 bits per heavy atom. The van der Waals surface area contributed by atoms with Crippen molar-refractivity contribution in [2.24, 2.45) is 0 Å². The van der Waals surface area contributed by atoms with Crippen LogP contribution in [0, 0.1) is 6.92 Å². The number of rotatable bonds is 4. The van der Waals surface area contributed by atoms with Crippen LogP contribution in [0.1, 0.15) is 11.3 Å². The first-order valence-corrected chi connectivity index (χ1v) is 5.42. The highest BCUT2D eigenvalue weighted by Crippen LogP contribution is 2.09. The second-order valence-electron chi connectivity index (χ2n) is 3.85. The van der Waals surface area contributed by atoms with Crippen LogP contribution in [0.25, 0.3) is 5.69 Å². The molecule has 0 saturated heterocycles. The van der Waals surface area contributed by atoms with Gasteiger partial charge in [0.1, 0.15) is 0 Å². The van der Waals surface area contributed by atoms with Crippen LogP contribution < -0.4 is 5.32 Å². The average molecular weight is 216 g/mol. The number of benzene rings is 1. The van der Waals surface area contributed by atoms with Gasteiger partial charge in [0.05, 0.1) is 17.6 Å². The zero-order chi connectivity index (χ0) is 11.4. The number of hydrogen-bond donors (Lipinski definition) is 1. The van der Waals surface area contributed by atoms with E-state index in [4.69, 9.17) is 0 Å². The van der Waals surface area contributed by atoms with Gasteiger partial charge in [-0.25, -0.2) is 4.68 Å². The maximum atomic E-state index is 4.13. The largest absolute Gasteiger partial charge is 0.319 e. The minimum atomic E-state index is 0.905. The fourth-order valence-corrected chi connectivity index (χ4v) is 1.56. The summed E-state index contributed by atoms with van der Waals surface area (Å²) in [5.74, 6) is 0. The summed E-state index contributed by atoms with van der Waals surface area (Å²) >= 11 is 0. The molecule has 1 aromatic heterocycles. The van der Waals surface area contributed by atoms with Gasteiger partial charge in [0, 0.05) is 13.0 Å². The lowest BCUT2D eigenvalue weighted by Gasteiger charge is -2.00. The normalized spacial score (nSPS) is 10.6. The molecule has 0 atom stereocenters. The van der Waals surface area contributed by atoms with Crippen molar-refractivity contribution in [3.8, 4) is 5.69 Å². The van der Waals surface area contributed by atoms with Crippen LogP contribution in [-0.2, 0) is 6.42 Å². The second kappa shape index (κ2) is 4.90. The van der Waals surface area contributed by atoms with E-state index in [1.165, 1.54) is 5.56 Å². The van der Waals surface area contributed by atoms with Crippen molar-refractivity contribution in [1.82, 2.24) is 20.3 Å². The highest BCUT2D eigenvalue weighted by molar-refractivity contribution is 5.34. The Morgan fingerprint density at radius 3 is 3.00 bits per heavy atom. The third-order valence-corrected chi connectivity index (χ3v) is 2.44. The highest BCUT2D eigenvalue weighted by Gasteiger charge is 2.02. The molecule has 0 saturated carbocycles. The molecule has 4 heteroatoms. The lowest BCUT2D eigenvalue weighted by atomic mass is 10.2. The van der Waals surface area contributed by atoms with Crippen molar-refractivity contribution in [2.45, 2.75) is 13.3 Å². The fourth-order valence-electron chi connectivity index (χ4n) is 1.56. The number of aryl methyl sites for hydroxylation is 1. The molecule has 0 unspecified atom stereocenters. The first-order valence-electron chi connectivity index (χ1n) is 5.42. The minimum absolute atomic E-state index is 0.905. The van der Waals surface area contributed by atoms with Crippen molar-refractivity contribution in [1.29, 1.82) is 0 Å². The monoisotopic (exact) mass is 216 g/mol. The number of nitrogens with one attached hydrogen (secondary N) is 1.